The number of para-hydroxylation sites is 2. The van der Waals surface area contributed by atoms with Crippen LogP contribution < -0.4 is 10.5 Å². The van der Waals surface area contributed by atoms with Gasteiger partial charge in [-0.3, -0.25) is 0 Å². The van der Waals surface area contributed by atoms with Crippen molar-refractivity contribution in [3.63, 3.8) is 0 Å². The molecule has 2 N–H and O–H groups in total. The second-order valence-electron chi connectivity index (χ2n) is 5.12. The molecule has 1 atom stereocenters. The molecule has 0 bridgehead atoms. The van der Waals surface area contributed by atoms with Gasteiger partial charge in [0.25, 0.3) is 0 Å². The Kier molecular flexibility index (Phi) is 4.88. The van der Waals surface area contributed by atoms with E-state index in [0.717, 1.165) is 37.1 Å². The Labute approximate surface area is 110 Å². The summed E-state index contributed by atoms with van der Waals surface area (Å²) < 4.78 is 5.71. The largest absolute Gasteiger partial charge is 0.491 e. The van der Waals surface area contributed by atoms with Crippen LogP contribution in [0.25, 0.3) is 0 Å². The van der Waals surface area contributed by atoms with Crippen LogP contribution in [0, 0.1) is 0 Å². The van der Waals surface area contributed by atoms with Gasteiger partial charge in [-0.05, 0) is 44.9 Å². The van der Waals surface area contributed by atoms with Gasteiger partial charge in [0.05, 0.1) is 12.3 Å². The number of hydrogen-bond donors (Lipinski definition) is 1. The molecule has 1 aromatic rings. The first-order valence-corrected chi connectivity index (χ1v) is 6.99. The zero-order valence-electron chi connectivity index (χ0n) is 11.3. The highest BCUT2D eigenvalue weighted by molar-refractivity contribution is 5.51. The maximum atomic E-state index is 5.83. The highest BCUT2D eigenvalue weighted by Gasteiger charge is 2.17. The van der Waals surface area contributed by atoms with Crippen molar-refractivity contribution in [3.05, 3.63) is 24.3 Å². The van der Waals surface area contributed by atoms with E-state index in [1.165, 1.54) is 25.8 Å². The van der Waals surface area contributed by atoms with Gasteiger partial charge in [-0.2, -0.15) is 0 Å². The van der Waals surface area contributed by atoms with Gasteiger partial charge in [0.15, 0.2) is 0 Å². The lowest BCUT2D eigenvalue weighted by molar-refractivity contribution is 0.149. The van der Waals surface area contributed by atoms with Crippen molar-refractivity contribution < 1.29 is 4.74 Å². The number of hydrogen-bond acceptors (Lipinski definition) is 3. The predicted molar refractivity (Wildman–Crippen MR) is 75.9 cm³/mol. The van der Waals surface area contributed by atoms with E-state index < -0.39 is 0 Å². The molecule has 0 spiro atoms. The van der Waals surface area contributed by atoms with Crippen LogP contribution in [-0.4, -0.2) is 30.6 Å². The molecule has 100 valence electrons. The lowest BCUT2D eigenvalue weighted by Gasteiger charge is -2.33. The number of ether oxygens (including phenoxy) is 1. The van der Waals surface area contributed by atoms with Gasteiger partial charge in [0.1, 0.15) is 5.75 Å². The van der Waals surface area contributed by atoms with E-state index in [4.69, 9.17) is 10.5 Å². The third-order valence-corrected chi connectivity index (χ3v) is 3.71. The molecule has 1 aliphatic heterocycles. The molecule has 2 rings (SSSR count). The van der Waals surface area contributed by atoms with Crippen LogP contribution in [0.15, 0.2) is 24.3 Å². The lowest BCUT2D eigenvalue weighted by Crippen LogP contribution is -2.38. The average Bonchev–Trinajstić information content (AvgIpc) is 2.38. The van der Waals surface area contributed by atoms with Crippen LogP contribution in [0.1, 0.15) is 32.6 Å². The van der Waals surface area contributed by atoms with E-state index in [2.05, 4.69) is 11.8 Å². The summed E-state index contributed by atoms with van der Waals surface area (Å²) in [5.41, 5.74) is 6.56. The van der Waals surface area contributed by atoms with Crippen molar-refractivity contribution >= 4 is 5.69 Å². The van der Waals surface area contributed by atoms with Crippen molar-refractivity contribution in [3.8, 4) is 5.75 Å². The summed E-state index contributed by atoms with van der Waals surface area (Å²) in [6.07, 6.45) is 5.14. The van der Waals surface area contributed by atoms with Crippen LogP contribution in [0.3, 0.4) is 0 Å². The molecule has 0 radical (unpaired) electrons. The standard InChI is InChI=1S/C15H24N2O/c1-13-7-4-5-10-17(13)11-6-12-18-15-9-3-2-8-14(15)16/h2-3,8-9,13H,4-7,10-12,16H2,1H3. The third-order valence-electron chi connectivity index (χ3n) is 3.71. The molecule has 1 saturated heterocycles. The average molecular weight is 248 g/mol. The molecule has 1 aliphatic rings. The number of piperidine rings is 1. The van der Waals surface area contributed by atoms with Crippen molar-refractivity contribution in [2.24, 2.45) is 0 Å². The zero-order chi connectivity index (χ0) is 12.8. The maximum absolute atomic E-state index is 5.83. The molecule has 1 aromatic carbocycles. The topological polar surface area (TPSA) is 38.5 Å². The number of nitrogens with two attached hydrogens (primary N) is 1. The van der Waals surface area contributed by atoms with E-state index in [1.54, 1.807) is 0 Å². The van der Waals surface area contributed by atoms with Crippen LogP contribution >= 0.6 is 0 Å². The Bertz CT molecular complexity index is 367. The Morgan fingerprint density at radius 2 is 2.17 bits per heavy atom. The summed E-state index contributed by atoms with van der Waals surface area (Å²) in [4.78, 5) is 2.57. The quantitative estimate of drug-likeness (QED) is 0.643. The summed E-state index contributed by atoms with van der Waals surface area (Å²) in [6.45, 7) is 5.45. The van der Waals surface area contributed by atoms with Gasteiger partial charge < -0.3 is 15.4 Å². The normalized spacial score (nSPS) is 20.8. The molecule has 0 aromatic heterocycles. The van der Waals surface area contributed by atoms with E-state index in [0.29, 0.717) is 0 Å². The molecule has 18 heavy (non-hydrogen) atoms. The van der Waals surface area contributed by atoms with Crippen LogP contribution in [-0.2, 0) is 0 Å². The number of anilines is 1. The smallest absolute Gasteiger partial charge is 0.142 e. The Morgan fingerprint density at radius 1 is 1.33 bits per heavy atom. The number of nitrogens with zero attached hydrogens (tertiary/aromatic N) is 1. The van der Waals surface area contributed by atoms with Gasteiger partial charge in [-0.1, -0.05) is 18.6 Å². The second kappa shape index (κ2) is 6.64. The van der Waals surface area contributed by atoms with Gasteiger partial charge >= 0.3 is 0 Å². The molecular formula is C15H24N2O. The molecule has 3 heteroatoms. The number of benzene rings is 1. The molecule has 1 fully saturated rings. The van der Waals surface area contributed by atoms with Crippen LogP contribution in [0.5, 0.6) is 5.75 Å². The van der Waals surface area contributed by atoms with Gasteiger partial charge in [0, 0.05) is 12.6 Å². The molecule has 0 saturated carbocycles. The van der Waals surface area contributed by atoms with Crippen molar-refractivity contribution in [2.45, 2.75) is 38.6 Å². The molecule has 1 heterocycles. The first kappa shape index (κ1) is 13.2. The summed E-state index contributed by atoms with van der Waals surface area (Å²) in [7, 11) is 0. The summed E-state index contributed by atoms with van der Waals surface area (Å²) in [5.74, 6) is 0.809. The van der Waals surface area contributed by atoms with Crippen LogP contribution in [0.4, 0.5) is 5.69 Å². The number of rotatable bonds is 5. The fourth-order valence-corrected chi connectivity index (χ4v) is 2.55. The van der Waals surface area contributed by atoms with Crippen molar-refractivity contribution in [2.75, 3.05) is 25.4 Å². The number of nitrogen functional groups attached to an aromatic ring is 1. The number of likely N-dealkylation sites (tertiary alicyclic amines) is 1. The van der Waals surface area contributed by atoms with E-state index in [9.17, 15) is 0 Å². The zero-order valence-corrected chi connectivity index (χ0v) is 11.3. The summed E-state index contributed by atoms with van der Waals surface area (Å²) >= 11 is 0. The first-order valence-electron chi connectivity index (χ1n) is 6.99. The second-order valence-corrected chi connectivity index (χ2v) is 5.12. The Hall–Kier alpha value is -1.22. The summed E-state index contributed by atoms with van der Waals surface area (Å²) in [6, 6.07) is 8.43. The predicted octanol–water partition coefficient (Wildman–Crippen LogP) is 2.91. The third kappa shape index (κ3) is 3.64. The first-order chi connectivity index (χ1) is 8.77. The Morgan fingerprint density at radius 3 is 2.94 bits per heavy atom. The monoisotopic (exact) mass is 248 g/mol. The van der Waals surface area contributed by atoms with Gasteiger partial charge in [-0.15, -0.1) is 0 Å². The van der Waals surface area contributed by atoms with Crippen molar-refractivity contribution in [1.29, 1.82) is 0 Å². The molecular weight excluding hydrogens is 224 g/mol. The molecule has 0 amide bonds. The minimum Gasteiger partial charge on any atom is -0.491 e. The van der Waals surface area contributed by atoms with Gasteiger partial charge in [0.2, 0.25) is 0 Å². The highest BCUT2D eigenvalue weighted by atomic mass is 16.5. The maximum Gasteiger partial charge on any atom is 0.142 e. The van der Waals surface area contributed by atoms with E-state index >= 15 is 0 Å². The SMILES string of the molecule is CC1CCCCN1CCCOc1ccccc1N. The van der Waals surface area contributed by atoms with Crippen molar-refractivity contribution in [1.82, 2.24) is 4.90 Å². The fourth-order valence-electron chi connectivity index (χ4n) is 2.55. The minimum atomic E-state index is 0.726. The molecule has 0 aliphatic carbocycles. The fraction of sp³-hybridized carbons (Fsp3) is 0.600. The summed E-state index contributed by atoms with van der Waals surface area (Å²) in [5, 5.41) is 0. The van der Waals surface area contributed by atoms with Gasteiger partial charge in [-0.25, -0.2) is 0 Å². The van der Waals surface area contributed by atoms with E-state index in [-0.39, 0.29) is 0 Å². The molecule has 1 unspecified atom stereocenters. The van der Waals surface area contributed by atoms with E-state index in [1.807, 2.05) is 24.3 Å². The van der Waals surface area contributed by atoms with Crippen LogP contribution in [0.2, 0.25) is 0 Å². The Balaban J connectivity index is 1.68. The molecule has 3 nitrogen and oxygen atoms in total. The highest BCUT2D eigenvalue weighted by Crippen LogP contribution is 2.20. The minimum absolute atomic E-state index is 0.726. The lowest BCUT2D eigenvalue weighted by atomic mass is 10.0.